The summed E-state index contributed by atoms with van der Waals surface area (Å²) in [5.74, 6) is -0.185. The Morgan fingerprint density at radius 3 is 2.32 bits per heavy atom. The monoisotopic (exact) mass is 430 g/mol. The van der Waals surface area contributed by atoms with Crippen molar-refractivity contribution in [3.63, 3.8) is 0 Å². The van der Waals surface area contributed by atoms with Gasteiger partial charge in [0.2, 0.25) is 0 Å². The molecule has 0 aliphatic carbocycles. The van der Waals surface area contributed by atoms with Gasteiger partial charge in [-0.15, -0.1) is 11.3 Å². The van der Waals surface area contributed by atoms with Crippen molar-refractivity contribution >= 4 is 51.0 Å². The lowest BCUT2D eigenvalue weighted by atomic mass is 10.1. The van der Waals surface area contributed by atoms with Gasteiger partial charge in [-0.25, -0.2) is 0 Å². The van der Waals surface area contributed by atoms with E-state index in [1.54, 1.807) is 53.9 Å². The minimum absolute atomic E-state index is 0.0873. The molecule has 0 spiro atoms. The van der Waals surface area contributed by atoms with Gasteiger partial charge in [0.05, 0.1) is 0 Å². The van der Waals surface area contributed by atoms with Crippen molar-refractivity contribution in [3.8, 4) is 11.1 Å². The Morgan fingerprint density at radius 1 is 0.964 bits per heavy atom. The van der Waals surface area contributed by atoms with Crippen LogP contribution < -0.4 is 0 Å². The first-order valence-electron chi connectivity index (χ1n) is 8.15. The van der Waals surface area contributed by atoms with Crippen molar-refractivity contribution in [1.29, 1.82) is 0 Å². The molecule has 0 amide bonds. The first kappa shape index (κ1) is 20.2. The fourth-order valence-corrected chi connectivity index (χ4v) is 4.46. The topological polar surface area (TPSA) is 71.4 Å². The number of ketones is 1. The number of benzene rings is 2. The van der Waals surface area contributed by atoms with E-state index in [0.717, 1.165) is 22.5 Å². The van der Waals surface area contributed by atoms with E-state index in [1.165, 1.54) is 12.2 Å². The van der Waals surface area contributed by atoms with Crippen LogP contribution in [0.3, 0.4) is 0 Å². The van der Waals surface area contributed by atoms with Gasteiger partial charge in [-0.2, -0.15) is 8.42 Å². The lowest BCUT2D eigenvalue weighted by molar-refractivity contribution is -0.110. The highest BCUT2D eigenvalue weighted by atomic mass is 35.5. The highest BCUT2D eigenvalue weighted by Crippen LogP contribution is 2.32. The average molecular weight is 431 g/mol. The Bertz CT molecular complexity index is 1160. The second kappa shape index (κ2) is 8.67. The molecule has 1 heterocycles. The summed E-state index contributed by atoms with van der Waals surface area (Å²) >= 11 is 7.00. The molecule has 1 N–H and O–H groups in total. The van der Waals surface area contributed by atoms with Crippen molar-refractivity contribution in [2.45, 2.75) is 4.21 Å². The lowest BCUT2D eigenvalue weighted by Gasteiger charge is -2.02. The molecule has 0 unspecified atom stereocenters. The molecule has 0 aliphatic rings. The fourth-order valence-electron chi connectivity index (χ4n) is 2.50. The fraction of sp³-hybridized carbons (Fsp3) is 0. The predicted octanol–water partition coefficient (Wildman–Crippen LogP) is 5.61. The van der Waals surface area contributed by atoms with Gasteiger partial charge in [0.1, 0.15) is 0 Å². The number of thiophene rings is 1. The van der Waals surface area contributed by atoms with E-state index in [1.807, 2.05) is 18.2 Å². The summed E-state index contributed by atoms with van der Waals surface area (Å²) in [5.41, 5.74) is 2.66. The minimum Gasteiger partial charge on any atom is -0.290 e. The molecular weight excluding hydrogens is 416 g/mol. The Morgan fingerprint density at radius 2 is 1.64 bits per heavy atom. The number of allylic oxidation sites excluding steroid dienone is 2. The summed E-state index contributed by atoms with van der Waals surface area (Å²) in [5, 5.41) is 2.18. The number of halogens is 1. The molecule has 142 valence electrons. The summed E-state index contributed by atoms with van der Waals surface area (Å²) < 4.78 is 32.0. The van der Waals surface area contributed by atoms with Crippen molar-refractivity contribution in [3.05, 3.63) is 88.3 Å². The molecule has 4 nitrogen and oxygen atoms in total. The van der Waals surface area contributed by atoms with E-state index in [0.29, 0.717) is 16.1 Å². The molecule has 2 aromatic carbocycles. The smallest absolute Gasteiger partial charge is 0.290 e. The van der Waals surface area contributed by atoms with Crippen LogP contribution in [0, 0.1) is 0 Å². The molecular formula is C21H15ClO4S2. The summed E-state index contributed by atoms with van der Waals surface area (Å²) in [6, 6.07) is 15.9. The van der Waals surface area contributed by atoms with Crippen LogP contribution in [0.15, 0.2) is 76.3 Å². The molecule has 1 aromatic heterocycles. The van der Waals surface area contributed by atoms with Gasteiger partial charge in [-0.05, 0) is 52.4 Å². The third-order valence-corrected chi connectivity index (χ3v) is 6.52. The van der Waals surface area contributed by atoms with Crippen molar-refractivity contribution < 1.29 is 17.8 Å². The molecule has 28 heavy (non-hydrogen) atoms. The first-order valence-corrected chi connectivity index (χ1v) is 10.8. The Hall–Kier alpha value is -2.51. The highest BCUT2D eigenvalue weighted by Gasteiger charge is 2.18. The maximum atomic E-state index is 12.0. The molecule has 0 aliphatic heterocycles. The lowest BCUT2D eigenvalue weighted by Crippen LogP contribution is -1.96. The number of rotatable bonds is 6. The minimum atomic E-state index is -4.26. The maximum absolute atomic E-state index is 12.0. The van der Waals surface area contributed by atoms with Crippen LogP contribution in [-0.2, 0) is 14.9 Å². The zero-order valence-electron chi connectivity index (χ0n) is 14.4. The third-order valence-electron chi connectivity index (χ3n) is 3.86. The SMILES string of the molecule is O=C(/C=C/c1ccc(-c2ccsc2S(=O)(=O)O)cc1)/C=C/c1ccccc1Cl. The Labute approximate surface area is 172 Å². The standard InChI is InChI=1S/C21H15ClO4S2/c22-20-4-2-1-3-17(20)10-12-18(23)11-7-15-5-8-16(9-6-15)19-13-14-27-21(19)28(24,25)26/h1-14H,(H,24,25,26)/b11-7+,12-10+. The van der Waals surface area contributed by atoms with E-state index in [9.17, 15) is 17.8 Å². The maximum Gasteiger partial charge on any atom is 0.304 e. The molecule has 7 heteroatoms. The molecule has 0 saturated heterocycles. The Kier molecular flexibility index (Phi) is 6.26. The number of hydrogen-bond donors (Lipinski definition) is 1. The van der Waals surface area contributed by atoms with Crippen LogP contribution in [0.1, 0.15) is 11.1 Å². The molecule has 0 saturated carbocycles. The van der Waals surface area contributed by atoms with Gasteiger partial charge in [0.15, 0.2) is 9.99 Å². The van der Waals surface area contributed by atoms with Crippen LogP contribution in [0.5, 0.6) is 0 Å². The van der Waals surface area contributed by atoms with E-state index in [-0.39, 0.29) is 9.99 Å². The average Bonchev–Trinajstić information content (AvgIpc) is 3.16. The van der Waals surface area contributed by atoms with Gasteiger partial charge >= 0.3 is 10.1 Å². The zero-order valence-corrected chi connectivity index (χ0v) is 16.8. The van der Waals surface area contributed by atoms with Gasteiger partial charge in [-0.1, -0.05) is 60.1 Å². The second-order valence-electron chi connectivity index (χ2n) is 5.81. The van der Waals surface area contributed by atoms with Gasteiger partial charge in [0, 0.05) is 10.6 Å². The molecule has 0 fully saturated rings. The summed E-state index contributed by atoms with van der Waals surface area (Å²) in [6.07, 6.45) is 6.21. The zero-order chi connectivity index (χ0) is 20.1. The van der Waals surface area contributed by atoms with Crippen molar-refractivity contribution in [1.82, 2.24) is 0 Å². The van der Waals surface area contributed by atoms with E-state index in [4.69, 9.17) is 11.6 Å². The predicted molar refractivity (Wildman–Crippen MR) is 114 cm³/mol. The van der Waals surface area contributed by atoms with E-state index >= 15 is 0 Å². The second-order valence-corrected chi connectivity index (χ2v) is 8.75. The van der Waals surface area contributed by atoms with E-state index in [2.05, 4.69) is 0 Å². The number of hydrogen-bond acceptors (Lipinski definition) is 4. The Balaban J connectivity index is 1.72. The van der Waals surface area contributed by atoms with Crippen molar-refractivity contribution in [2.75, 3.05) is 0 Å². The summed E-state index contributed by atoms with van der Waals surface area (Å²) in [7, 11) is -4.26. The highest BCUT2D eigenvalue weighted by molar-refractivity contribution is 7.88. The normalized spacial score (nSPS) is 12.1. The molecule has 0 bridgehead atoms. The van der Waals surface area contributed by atoms with Gasteiger partial charge in [-0.3, -0.25) is 9.35 Å². The largest absolute Gasteiger partial charge is 0.304 e. The van der Waals surface area contributed by atoms with Crippen molar-refractivity contribution in [2.24, 2.45) is 0 Å². The van der Waals surface area contributed by atoms with Crippen LogP contribution >= 0.6 is 22.9 Å². The molecule has 0 atom stereocenters. The van der Waals surface area contributed by atoms with E-state index < -0.39 is 10.1 Å². The van der Waals surface area contributed by atoms with Crippen LogP contribution in [0.25, 0.3) is 23.3 Å². The summed E-state index contributed by atoms with van der Waals surface area (Å²) in [4.78, 5) is 12.0. The molecule has 3 rings (SSSR count). The van der Waals surface area contributed by atoms with Gasteiger partial charge in [0.25, 0.3) is 0 Å². The van der Waals surface area contributed by atoms with Crippen LogP contribution in [0.2, 0.25) is 5.02 Å². The third kappa shape index (κ3) is 5.05. The van der Waals surface area contributed by atoms with Crippen LogP contribution in [0.4, 0.5) is 0 Å². The number of carbonyl (C=O) groups excluding carboxylic acids is 1. The quantitative estimate of drug-likeness (QED) is 0.407. The molecule has 0 radical (unpaired) electrons. The first-order chi connectivity index (χ1) is 13.3. The summed E-state index contributed by atoms with van der Waals surface area (Å²) in [6.45, 7) is 0. The molecule has 3 aromatic rings. The van der Waals surface area contributed by atoms with Gasteiger partial charge < -0.3 is 0 Å². The van der Waals surface area contributed by atoms with Crippen LogP contribution in [-0.4, -0.2) is 18.8 Å². The number of carbonyl (C=O) groups is 1.